The third kappa shape index (κ3) is 3.71. The van der Waals surface area contributed by atoms with Crippen molar-refractivity contribution in [3.05, 3.63) is 54.4 Å². The molecule has 23 heavy (non-hydrogen) atoms. The number of urea groups is 1. The number of hydrogen-bond donors (Lipinski definition) is 2. The predicted octanol–water partition coefficient (Wildman–Crippen LogP) is 2.39. The van der Waals surface area contributed by atoms with Crippen molar-refractivity contribution in [3.8, 4) is 0 Å². The molecule has 0 aliphatic carbocycles. The highest BCUT2D eigenvalue weighted by atomic mass is 16.2. The number of amides is 3. The van der Waals surface area contributed by atoms with Crippen LogP contribution in [0.1, 0.15) is 16.8 Å². The van der Waals surface area contributed by atoms with Gasteiger partial charge in [-0.2, -0.15) is 0 Å². The van der Waals surface area contributed by atoms with Gasteiger partial charge in [0.05, 0.1) is 5.56 Å². The molecule has 6 nitrogen and oxygen atoms in total. The maximum atomic E-state index is 12.4. The summed E-state index contributed by atoms with van der Waals surface area (Å²) in [4.78, 5) is 31.2. The second-order valence-electron chi connectivity index (χ2n) is 5.53. The number of carbonyl (C=O) groups excluding carboxylic acids is 2. The highest BCUT2D eigenvalue weighted by Gasteiger charge is 2.22. The molecule has 0 saturated carbocycles. The maximum absolute atomic E-state index is 12.4. The number of carbonyl (C=O) groups is 2. The molecule has 2 heterocycles. The molecule has 1 aromatic heterocycles. The van der Waals surface area contributed by atoms with Gasteiger partial charge in [-0.15, -0.1) is 0 Å². The Morgan fingerprint density at radius 3 is 2.43 bits per heavy atom. The van der Waals surface area contributed by atoms with Gasteiger partial charge in [0.25, 0.3) is 5.91 Å². The van der Waals surface area contributed by atoms with Gasteiger partial charge in [0.2, 0.25) is 0 Å². The van der Waals surface area contributed by atoms with E-state index in [9.17, 15) is 9.59 Å². The Morgan fingerprint density at radius 1 is 0.957 bits per heavy atom. The van der Waals surface area contributed by atoms with Gasteiger partial charge in [0, 0.05) is 44.3 Å². The van der Waals surface area contributed by atoms with E-state index < -0.39 is 0 Å². The minimum absolute atomic E-state index is 0.0107. The van der Waals surface area contributed by atoms with Crippen LogP contribution in [-0.4, -0.2) is 52.9 Å². The highest BCUT2D eigenvalue weighted by molar-refractivity contribution is 5.94. The number of aromatic amines is 1. The van der Waals surface area contributed by atoms with Gasteiger partial charge in [-0.3, -0.25) is 4.79 Å². The van der Waals surface area contributed by atoms with E-state index >= 15 is 0 Å². The standard InChI is InChI=1S/C17H20N4O2/c22-16(14-7-8-18-13-14)20-9-4-10-21(12-11-20)17(23)19-15-5-2-1-3-6-15/h1-3,5-8,13,18H,4,9-12H2,(H,19,23). The molecule has 3 amide bonds. The summed E-state index contributed by atoms with van der Waals surface area (Å²) in [6.45, 7) is 2.40. The summed E-state index contributed by atoms with van der Waals surface area (Å²) >= 11 is 0. The number of hydrogen-bond acceptors (Lipinski definition) is 2. The number of H-pyrrole nitrogens is 1. The van der Waals surface area contributed by atoms with Crippen molar-refractivity contribution in [2.75, 3.05) is 31.5 Å². The fourth-order valence-corrected chi connectivity index (χ4v) is 2.69. The molecule has 3 rings (SSSR count). The molecule has 0 spiro atoms. The third-order valence-corrected chi connectivity index (χ3v) is 3.94. The van der Waals surface area contributed by atoms with Crippen molar-refractivity contribution in [1.29, 1.82) is 0 Å². The van der Waals surface area contributed by atoms with E-state index in [2.05, 4.69) is 10.3 Å². The summed E-state index contributed by atoms with van der Waals surface area (Å²) in [5.74, 6) is 0.0107. The second-order valence-corrected chi connectivity index (χ2v) is 5.53. The van der Waals surface area contributed by atoms with E-state index in [1.54, 1.807) is 28.3 Å². The minimum Gasteiger partial charge on any atom is -0.367 e. The molecule has 0 atom stereocenters. The lowest BCUT2D eigenvalue weighted by Crippen LogP contribution is -2.39. The molecule has 1 aliphatic heterocycles. The second kappa shape index (κ2) is 7.00. The minimum atomic E-state index is -0.118. The van der Waals surface area contributed by atoms with Gasteiger partial charge in [-0.1, -0.05) is 18.2 Å². The van der Waals surface area contributed by atoms with E-state index in [1.807, 2.05) is 30.3 Å². The Labute approximate surface area is 135 Å². The summed E-state index contributed by atoms with van der Waals surface area (Å²) in [6.07, 6.45) is 4.22. The van der Waals surface area contributed by atoms with Gasteiger partial charge in [-0.25, -0.2) is 4.79 Å². The zero-order valence-electron chi connectivity index (χ0n) is 12.9. The molecular formula is C17H20N4O2. The number of benzene rings is 1. The fourth-order valence-electron chi connectivity index (χ4n) is 2.69. The monoisotopic (exact) mass is 312 g/mol. The molecule has 1 aliphatic rings. The van der Waals surface area contributed by atoms with Crippen molar-refractivity contribution in [1.82, 2.24) is 14.8 Å². The first kappa shape index (κ1) is 15.1. The van der Waals surface area contributed by atoms with Gasteiger partial charge in [0.15, 0.2) is 0 Å². The smallest absolute Gasteiger partial charge is 0.321 e. The van der Waals surface area contributed by atoms with E-state index in [0.717, 1.165) is 12.1 Å². The zero-order valence-corrected chi connectivity index (χ0v) is 12.9. The molecular weight excluding hydrogens is 292 g/mol. The van der Waals surface area contributed by atoms with Crippen molar-refractivity contribution in [3.63, 3.8) is 0 Å². The largest absolute Gasteiger partial charge is 0.367 e. The summed E-state index contributed by atoms with van der Waals surface area (Å²) in [6, 6.07) is 11.0. The van der Waals surface area contributed by atoms with Crippen LogP contribution in [0.2, 0.25) is 0 Å². The Morgan fingerprint density at radius 2 is 1.70 bits per heavy atom. The topological polar surface area (TPSA) is 68.4 Å². The van der Waals surface area contributed by atoms with Crippen LogP contribution < -0.4 is 5.32 Å². The SMILES string of the molecule is O=C(Nc1ccccc1)N1CCCN(C(=O)c2cc[nH]c2)CC1. The molecule has 6 heteroatoms. The van der Waals surface area contributed by atoms with E-state index in [1.165, 1.54) is 0 Å². The third-order valence-electron chi connectivity index (χ3n) is 3.94. The quantitative estimate of drug-likeness (QED) is 0.894. The lowest BCUT2D eigenvalue weighted by molar-refractivity contribution is 0.0763. The first-order valence-electron chi connectivity index (χ1n) is 7.77. The fraction of sp³-hybridized carbons (Fsp3) is 0.294. The molecule has 0 bridgehead atoms. The lowest BCUT2D eigenvalue weighted by atomic mass is 10.3. The Balaban J connectivity index is 1.58. The van der Waals surface area contributed by atoms with Crippen LogP contribution in [-0.2, 0) is 0 Å². The van der Waals surface area contributed by atoms with Crippen LogP contribution in [0.3, 0.4) is 0 Å². The summed E-state index contributed by atoms with van der Waals surface area (Å²) in [5.41, 5.74) is 1.44. The average molecular weight is 312 g/mol. The van der Waals surface area contributed by atoms with Gasteiger partial charge in [-0.05, 0) is 24.6 Å². The summed E-state index contributed by atoms with van der Waals surface area (Å²) < 4.78 is 0. The summed E-state index contributed by atoms with van der Waals surface area (Å²) in [5, 5.41) is 2.89. The Bertz CT molecular complexity index is 654. The van der Waals surface area contributed by atoms with Crippen LogP contribution in [0.4, 0.5) is 10.5 Å². The molecule has 1 aromatic carbocycles. The number of nitrogens with zero attached hydrogens (tertiary/aromatic N) is 2. The van der Waals surface area contributed by atoms with Gasteiger partial charge < -0.3 is 20.1 Å². The van der Waals surface area contributed by atoms with E-state index in [4.69, 9.17) is 0 Å². The van der Waals surface area contributed by atoms with Crippen LogP contribution in [0, 0.1) is 0 Å². The van der Waals surface area contributed by atoms with Crippen molar-refractivity contribution >= 4 is 17.6 Å². The number of aromatic nitrogens is 1. The number of anilines is 1. The van der Waals surface area contributed by atoms with Gasteiger partial charge in [0.1, 0.15) is 0 Å². The Hall–Kier alpha value is -2.76. The first-order chi connectivity index (χ1) is 11.2. The molecule has 0 unspecified atom stereocenters. The van der Waals surface area contributed by atoms with E-state index in [-0.39, 0.29) is 11.9 Å². The van der Waals surface area contributed by atoms with Crippen LogP contribution in [0.25, 0.3) is 0 Å². The maximum Gasteiger partial charge on any atom is 0.321 e. The predicted molar refractivity (Wildman–Crippen MR) is 88.3 cm³/mol. The highest BCUT2D eigenvalue weighted by Crippen LogP contribution is 2.11. The molecule has 2 N–H and O–H groups in total. The zero-order chi connectivity index (χ0) is 16.1. The van der Waals surface area contributed by atoms with Crippen molar-refractivity contribution in [2.24, 2.45) is 0 Å². The normalized spacial score (nSPS) is 15.1. The van der Waals surface area contributed by atoms with Gasteiger partial charge >= 0.3 is 6.03 Å². The van der Waals surface area contributed by atoms with Crippen molar-refractivity contribution in [2.45, 2.75) is 6.42 Å². The van der Waals surface area contributed by atoms with Crippen LogP contribution in [0.15, 0.2) is 48.8 Å². The van der Waals surface area contributed by atoms with Crippen LogP contribution >= 0.6 is 0 Å². The Kier molecular flexibility index (Phi) is 4.61. The first-order valence-corrected chi connectivity index (χ1v) is 7.77. The molecule has 1 saturated heterocycles. The molecule has 0 radical (unpaired) electrons. The molecule has 2 aromatic rings. The number of para-hydroxylation sites is 1. The molecule has 1 fully saturated rings. The van der Waals surface area contributed by atoms with Crippen molar-refractivity contribution < 1.29 is 9.59 Å². The average Bonchev–Trinajstić information content (AvgIpc) is 2.99. The lowest BCUT2D eigenvalue weighted by Gasteiger charge is -2.22. The number of nitrogens with one attached hydrogen (secondary N) is 2. The number of rotatable bonds is 2. The summed E-state index contributed by atoms with van der Waals surface area (Å²) in [7, 11) is 0. The van der Waals surface area contributed by atoms with Crippen LogP contribution in [0.5, 0.6) is 0 Å². The van der Waals surface area contributed by atoms with E-state index in [0.29, 0.717) is 31.7 Å². The molecule has 120 valence electrons.